The minimum atomic E-state index is 0.135. The maximum atomic E-state index is 11.9. The molecule has 2 aliphatic rings. The summed E-state index contributed by atoms with van der Waals surface area (Å²) in [6.07, 6.45) is 2.49. The number of phenolic OH excluding ortho intramolecular Hbond substituents is 1. The van der Waals surface area contributed by atoms with Gasteiger partial charge in [0.05, 0.1) is 12.1 Å². The number of carbonyl (C=O) groups excluding carboxylic acids is 1. The first-order valence-corrected chi connectivity index (χ1v) is 5.84. The molecule has 1 aromatic rings. The molecule has 0 saturated carbocycles. The minimum absolute atomic E-state index is 0.135. The van der Waals surface area contributed by atoms with Crippen LogP contribution in [0.5, 0.6) is 5.75 Å². The van der Waals surface area contributed by atoms with Gasteiger partial charge in [-0.05, 0) is 24.0 Å². The van der Waals surface area contributed by atoms with E-state index in [4.69, 9.17) is 0 Å². The molecule has 0 aromatic heterocycles. The molecule has 16 heavy (non-hydrogen) atoms. The molecule has 1 amide bonds. The highest BCUT2D eigenvalue weighted by atomic mass is 16.3. The van der Waals surface area contributed by atoms with E-state index in [9.17, 15) is 9.90 Å². The number of carbonyl (C=O) groups is 1. The molecule has 3 rings (SSSR count). The summed E-state index contributed by atoms with van der Waals surface area (Å²) in [5.41, 5.74) is 3.04. The van der Waals surface area contributed by atoms with Crippen molar-refractivity contribution in [3.8, 4) is 5.75 Å². The monoisotopic (exact) mass is 217 g/mol. The van der Waals surface area contributed by atoms with Gasteiger partial charge in [-0.3, -0.25) is 4.79 Å². The lowest BCUT2D eigenvalue weighted by Gasteiger charge is -2.31. The van der Waals surface area contributed by atoms with Crippen LogP contribution in [0.25, 0.3) is 0 Å². The number of hydrogen-bond acceptors (Lipinski definition) is 2. The lowest BCUT2D eigenvalue weighted by Crippen LogP contribution is -2.36. The molecule has 0 spiro atoms. The molecular formula is C13H15NO2. The van der Waals surface area contributed by atoms with Crippen molar-refractivity contribution in [3.05, 3.63) is 23.3 Å². The predicted molar refractivity (Wildman–Crippen MR) is 61.6 cm³/mol. The Hall–Kier alpha value is -1.51. The SMILES string of the molecule is CC[C@@H]1Cc2ccc(O)c3c2N(C1)C(=O)C3. The second-order valence-electron chi connectivity index (χ2n) is 4.73. The van der Waals surface area contributed by atoms with Crippen LogP contribution in [-0.2, 0) is 17.6 Å². The van der Waals surface area contributed by atoms with Crippen molar-refractivity contribution in [1.82, 2.24) is 0 Å². The summed E-state index contributed by atoms with van der Waals surface area (Å²) >= 11 is 0. The lowest BCUT2D eigenvalue weighted by molar-refractivity contribution is -0.117. The molecule has 1 atom stereocenters. The number of nitrogens with zero attached hydrogens (tertiary/aromatic N) is 1. The van der Waals surface area contributed by atoms with Crippen molar-refractivity contribution < 1.29 is 9.90 Å². The molecule has 1 N–H and O–H groups in total. The van der Waals surface area contributed by atoms with Gasteiger partial charge in [-0.1, -0.05) is 19.4 Å². The molecular weight excluding hydrogens is 202 g/mol. The van der Waals surface area contributed by atoms with Gasteiger partial charge in [-0.25, -0.2) is 0 Å². The third-order valence-corrected chi connectivity index (χ3v) is 3.77. The second kappa shape index (κ2) is 3.24. The van der Waals surface area contributed by atoms with Crippen molar-refractivity contribution in [1.29, 1.82) is 0 Å². The summed E-state index contributed by atoms with van der Waals surface area (Å²) in [5.74, 6) is 0.965. The van der Waals surface area contributed by atoms with Gasteiger partial charge in [-0.2, -0.15) is 0 Å². The Balaban J connectivity index is 2.15. The van der Waals surface area contributed by atoms with Crippen molar-refractivity contribution in [2.75, 3.05) is 11.4 Å². The molecule has 0 radical (unpaired) electrons. The number of aromatic hydroxyl groups is 1. The number of rotatable bonds is 1. The molecule has 3 heteroatoms. The number of hydrogen-bond donors (Lipinski definition) is 1. The van der Waals surface area contributed by atoms with Crippen LogP contribution in [-0.4, -0.2) is 17.6 Å². The summed E-state index contributed by atoms with van der Waals surface area (Å²) in [6, 6.07) is 3.69. The van der Waals surface area contributed by atoms with E-state index in [0.717, 1.165) is 30.6 Å². The third kappa shape index (κ3) is 1.17. The predicted octanol–water partition coefficient (Wildman–Crippen LogP) is 1.86. The quantitative estimate of drug-likeness (QED) is 0.780. The molecule has 84 valence electrons. The van der Waals surface area contributed by atoms with Gasteiger partial charge in [0.25, 0.3) is 0 Å². The van der Waals surface area contributed by atoms with Crippen molar-refractivity contribution in [3.63, 3.8) is 0 Å². The highest BCUT2D eigenvalue weighted by Gasteiger charge is 2.36. The number of anilines is 1. The van der Waals surface area contributed by atoms with E-state index in [1.165, 1.54) is 5.56 Å². The Morgan fingerprint density at radius 2 is 2.31 bits per heavy atom. The number of benzene rings is 1. The average Bonchev–Trinajstić information content (AvgIpc) is 2.63. The standard InChI is InChI=1S/C13H15NO2/c1-2-8-5-9-3-4-11(15)10-6-12(16)14(7-8)13(9)10/h3-4,8,15H,2,5-7H2,1H3/t8-/m1/s1. The van der Waals surface area contributed by atoms with E-state index in [-0.39, 0.29) is 11.7 Å². The van der Waals surface area contributed by atoms with E-state index in [0.29, 0.717) is 12.3 Å². The Labute approximate surface area is 94.7 Å². The maximum Gasteiger partial charge on any atom is 0.231 e. The van der Waals surface area contributed by atoms with Gasteiger partial charge >= 0.3 is 0 Å². The fourth-order valence-electron chi connectivity index (χ4n) is 2.82. The highest BCUT2D eigenvalue weighted by molar-refractivity contribution is 6.03. The molecule has 1 aromatic carbocycles. The molecule has 3 nitrogen and oxygen atoms in total. The zero-order valence-corrected chi connectivity index (χ0v) is 9.36. The highest BCUT2D eigenvalue weighted by Crippen LogP contribution is 2.42. The van der Waals surface area contributed by atoms with Crippen LogP contribution in [0.1, 0.15) is 24.5 Å². The smallest absolute Gasteiger partial charge is 0.231 e. The van der Waals surface area contributed by atoms with Gasteiger partial charge in [0.1, 0.15) is 5.75 Å². The molecule has 0 fully saturated rings. The van der Waals surface area contributed by atoms with E-state index in [1.807, 2.05) is 11.0 Å². The zero-order valence-electron chi connectivity index (χ0n) is 9.36. The van der Waals surface area contributed by atoms with E-state index in [1.54, 1.807) is 6.07 Å². The van der Waals surface area contributed by atoms with Crippen molar-refractivity contribution >= 4 is 11.6 Å². The van der Waals surface area contributed by atoms with Crippen LogP contribution >= 0.6 is 0 Å². The van der Waals surface area contributed by atoms with Gasteiger partial charge in [0.15, 0.2) is 0 Å². The first-order chi connectivity index (χ1) is 7.70. The largest absolute Gasteiger partial charge is 0.508 e. The van der Waals surface area contributed by atoms with Gasteiger partial charge < -0.3 is 10.0 Å². The molecule has 2 heterocycles. The molecule has 2 aliphatic heterocycles. The van der Waals surface area contributed by atoms with Crippen molar-refractivity contribution in [2.24, 2.45) is 5.92 Å². The topological polar surface area (TPSA) is 40.5 Å². The van der Waals surface area contributed by atoms with Crippen LogP contribution in [0.2, 0.25) is 0 Å². The van der Waals surface area contributed by atoms with E-state index < -0.39 is 0 Å². The Bertz CT molecular complexity index is 467. The maximum absolute atomic E-state index is 11.9. The second-order valence-corrected chi connectivity index (χ2v) is 4.73. The summed E-state index contributed by atoms with van der Waals surface area (Å²) < 4.78 is 0. The van der Waals surface area contributed by atoms with Crippen LogP contribution in [0.4, 0.5) is 5.69 Å². The zero-order chi connectivity index (χ0) is 11.3. The lowest BCUT2D eigenvalue weighted by atomic mass is 9.90. The average molecular weight is 217 g/mol. The Kier molecular flexibility index (Phi) is 1.96. The third-order valence-electron chi connectivity index (χ3n) is 3.77. The summed E-state index contributed by atoms with van der Waals surface area (Å²) in [6.45, 7) is 2.98. The normalized spacial score (nSPS) is 22.4. The van der Waals surface area contributed by atoms with E-state index in [2.05, 4.69) is 6.92 Å². The van der Waals surface area contributed by atoms with E-state index >= 15 is 0 Å². The molecule has 0 bridgehead atoms. The number of amides is 1. The first kappa shape index (κ1) is 9.70. The molecule has 0 unspecified atom stereocenters. The fraction of sp³-hybridized carbons (Fsp3) is 0.462. The Morgan fingerprint density at radius 3 is 3.06 bits per heavy atom. The summed E-state index contributed by atoms with van der Waals surface area (Å²) in [5, 5.41) is 9.76. The first-order valence-electron chi connectivity index (χ1n) is 5.84. The Morgan fingerprint density at radius 1 is 1.50 bits per heavy atom. The minimum Gasteiger partial charge on any atom is -0.508 e. The summed E-state index contributed by atoms with van der Waals surface area (Å²) in [4.78, 5) is 13.7. The fourth-order valence-corrected chi connectivity index (χ4v) is 2.82. The van der Waals surface area contributed by atoms with Crippen LogP contribution in [0.3, 0.4) is 0 Å². The van der Waals surface area contributed by atoms with Crippen LogP contribution in [0, 0.1) is 5.92 Å². The van der Waals surface area contributed by atoms with Gasteiger partial charge in [0, 0.05) is 12.1 Å². The molecule has 0 aliphatic carbocycles. The van der Waals surface area contributed by atoms with Crippen molar-refractivity contribution in [2.45, 2.75) is 26.2 Å². The van der Waals surface area contributed by atoms with Crippen LogP contribution < -0.4 is 4.90 Å². The molecule has 0 saturated heterocycles. The summed E-state index contributed by atoms with van der Waals surface area (Å²) in [7, 11) is 0. The van der Waals surface area contributed by atoms with Gasteiger partial charge in [0.2, 0.25) is 5.91 Å². The van der Waals surface area contributed by atoms with Crippen LogP contribution in [0.15, 0.2) is 12.1 Å². The van der Waals surface area contributed by atoms with Gasteiger partial charge in [-0.15, -0.1) is 0 Å². The number of phenols is 1.